The predicted octanol–water partition coefficient (Wildman–Crippen LogP) is 2.35. The molecule has 0 saturated heterocycles. The zero-order chi connectivity index (χ0) is 12.5. The molecule has 0 bridgehead atoms. The zero-order valence-electron chi connectivity index (χ0n) is 8.78. The highest BCUT2D eigenvalue weighted by atomic mass is 19.4. The third kappa shape index (κ3) is 2.58. The molecule has 90 valence electrons. The van der Waals surface area contributed by atoms with Crippen LogP contribution in [0, 0.1) is 0 Å². The Bertz CT molecular complexity index is 460. The van der Waals surface area contributed by atoms with Gasteiger partial charge in [0.1, 0.15) is 5.84 Å². The molecular weight excluding hydrogens is 231 g/mol. The third-order valence-corrected chi connectivity index (χ3v) is 2.35. The molecular formula is C11H10F3N3. The Kier molecular flexibility index (Phi) is 2.79. The standard InChI is InChI=1S/C11H10F3N3/c12-11(13,14)8-1-3-9(4-2-8)17-6-5-16-10(15)7-17/h1-6H,7H2,(H2,15,16). The van der Waals surface area contributed by atoms with Gasteiger partial charge in [-0.2, -0.15) is 13.2 Å². The summed E-state index contributed by atoms with van der Waals surface area (Å²) >= 11 is 0. The van der Waals surface area contributed by atoms with Crippen molar-refractivity contribution in [2.45, 2.75) is 6.18 Å². The van der Waals surface area contributed by atoms with Crippen molar-refractivity contribution in [3.05, 3.63) is 42.2 Å². The van der Waals surface area contributed by atoms with E-state index >= 15 is 0 Å². The van der Waals surface area contributed by atoms with E-state index in [0.717, 1.165) is 12.1 Å². The van der Waals surface area contributed by atoms with Gasteiger partial charge in [-0.15, -0.1) is 0 Å². The van der Waals surface area contributed by atoms with E-state index in [4.69, 9.17) is 5.73 Å². The molecule has 0 unspecified atom stereocenters. The summed E-state index contributed by atoms with van der Waals surface area (Å²) in [6.07, 6.45) is -1.13. The van der Waals surface area contributed by atoms with Crippen LogP contribution in [0.25, 0.3) is 0 Å². The van der Waals surface area contributed by atoms with Gasteiger partial charge in [0, 0.05) is 18.1 Å². The number of anilines is 1. The number of nitrogens with two attached hydrogens (primary N) is 1. The Morgan fingerprint density at radius 2 is 1.82 bits per heavy atom. The van der Waals surface area contributed by atoms with Crippen molar-refractivity contribution in [2.24, 2.45) is 10.7 Å². The minimum absolute atomic E-state index is 0.377. The summed E-state index contributed by atoms with van der Waals surface area (Å²) in [5, 5.41) is 0. The maximum Gasteiger partial charge on any atom is 0.416 e. The first kappa shape index (κ1) is 11.5. The molecule has 17 heavy (non-hydrogen) atoms. The van der Waals surface area contributed by atoms with Crippen molar-refractivity contribution in [1.82, 2.24) is 0 Å². The fourth-order valence-electron chi connectivity index (χ4n) is 1.50. The van der Waals surface area contributed by atoms with Crippen LogP contribution in [0.5, 0.6) is 0 Å². The summed E-state index contributed by atoms with van der Waals surface area (Å²) in [6.45, 7) is 0.377. The van der Waals surface area contributed by atoms with Crippen LogP contribution in [0.15, 0.2) is 41.7 Å². The van der Waals surface area contributed by atoms with Crippen LogP contribution in [-0.2, 0) is 6.18 Å². The fraction of sp³-hybridized carbons (Fsp3) is 0.182. The summed E-state index contributed by atoms with van der Waals surface area (Å²) in [5.41, 5.74) is 5.52. The summed E-state index contributed by atoms with van der Waals surface area (Å²) in [5.74, 6) is 0.424. The van der Waals surface area contributed by atoms with Crippen LogP contribution in [-0.4, -0.2) is 12.4 Å². The average molecular weight is 241 g/mol. The first-order valence-electron chi connectivity index (χ1n) is 4.89. The van der Waals surface area contributed by atoms with E-state index in [2.05, 4.69) is 4.99 Å². The van der Waals surface area contributed by atoms with Crippen LogP contribution >= 0.6 is 0 Å². The summed E-state index contributed by atoms with van der Waals surface area (Å²) in [7, 11) is 0. The molecule has 1 aromatic rings. The van der Waals surface area contributed by atoms with Crippen molar-refractivity contribution in [1.29, 1.82) is 0 Å². The van der Waals surface area contributed by atoms with Gasteiger partial charge in [-0.3, -0.25) is 0 Å². The molecule has 1 aliphatic heterocycles. The Morgan fingerprint density at radius 1 is 1.18 bits per heavy atom. The van der Waals surface area contributed by atoms with Crippen molar-refractivity contribution in [2.75, 3.05) is 11.4 Å². The molecule has 1 aliphatic rings. The van der Waals surface area contributed by atoms with Crippen molar-refractivity contribution >= 4 is 11.5 Å². The molecule has 1 heterocycles. The van der Waals surface area contributed by atoms with Crippen LogP contribution in [0.4, 0.5) is 18.9 Å². The minimum Gasteiger partial charge on any atom is -0.386 e. The molecule has 3 nitrogen and oxygen atoms in total. The van der Waals surface area contributed by atoms with Crippen molar-refractivity contribution < 1.29 is 13.2 Å². The van der Waals surface area contributed by atoms with Gasteiger partial charge >= 0.3 is 6.18 Å². The highest BCUT2D eigenvalue weighted by molar-refractivity contribution is 5.87. The van der Waals surface area contributed by atoms with Gasteiger partial charge in [-0.05, 0) is 24.3 Å². The number of nitrogens with zero attached hydrogens (tertiary/aromatic N) is 2. The van der Waals surface area contributed by atoms with E-state index in [9.17, 15) is 13.2 Å². The Balaban J connectivity index is 2.19. The normalized spacial score (nSPS) is 15.9. The summed E-state index contributed by atoms with van der Waals surface area (Å²) in [6, 6.07) is 4.91. The zero-order valence-corrected chi connectivity index (χ0v) is 8.78. The third-order valence-electron chi connectivity index (χ3n) is 2.35. The monoisotopic (exact) mass is 241 g/mol. The van der Waals surface area contributed by atoms with Gasteiger partial charge in [0.2, 0.25) is 0 Å². The van der Waals surface area contributed by atoms with E-state index in [-0.39, 0.29) is 0 Å². The molecule has 0 atom stereocenters. The van der Waals surface area contributed by atoms with Crippen molar-refractivity contribution in [3.8, 4) is 0 Å². The summed E-state index contributed by atoms with van der Waals surface area (Å²) < 4.78 is 37.1. The maximum atomic E-state index is 12.4. The van der Waals surface area contributed by atoms with E-state index in [0.29, 0.717) is 18.1 Å². The fourth-order valence-corrected chi connectivity index (χ4v) is 1.50. The molecule has 0 amide bonds. The number of aliphatic imine (C=N–C) groups is 1. The van der Waals surface area contributed by atoms with Crippen LogP contribution in [0.2, 0.25) is 0 Å². The molecule has 6 heteroatoms. The highest BCUT2D eigenvalue weighted by Gasteiger charge is 2.30. The Labute approximate surface area is 96.1 Å². The number of hydrogen-bond acceptors (Lipinski definition) is 3. The number of rotatable bonds is 1. The minimum atomic E-state index is -4.31. The number of halogens is 3. The number of amidine groups is 1. The number of benzene rings is 1. The molecule has 2 rings (SSSR count). The van der Waals surface area contributed by atoms with E-state index in [1.165, 1.54) is 18.3 Å². The topological polar surface area (TPSA) is 41.6 Å². The highest BCUT2D eigenvalue weighted by Crippen LogP contribution is 2.30. The second-order valence-electron chi connectivity index (χ2n) is 3.59. The van der Waals surface area contributed by atoms with Crippen LogP contribution in [0.1, 0.15) is 5.56 Å². The second kappa shape index (κ2) is 4.12. The van der Waals surface area contributed by atoms with E-state index in [1.807, 2.05) is 0 Å². The van der Waals surface area contributed by atoms with Crippen LogP contribution < -0.4 is 10.6 Å². The first-order chi connectivity index (χ1) is 7.97. The second-order valence-corrected chi connectivity index (χ2v) is 3.59. The molecule has 0 saturated carbocycles. The van der Waals surface area contributed by atoms with Gasteiger partial charge in [0.05, 0.1) is 12.1 Å². The molecule has 0 radical (unpaired) electrons. The Hall–Kier alpha value is -1.98. The lowest BCUT2D eigenvalue weighted by molar-refractivity contribution is -0.137. The lowest BCUT2D eigenvalue weighted by Crippen LogP contribution is -2.32. The first-order valence-corrected chi connectivity index (χ1v) is 4.89. The van der Waals surface area contributed by atoms with Gasteiger partial charge in [0.25, 0.3) is 0 Å². The Morgan fingerprint density at radius 3 is 2.35 bits per heavy atom. The molecule has 0 aromatic heterocycles. The SMILES string of the molecule is NC1=NC=CN(c2ccc(C(F)(F)F)cc2)C1. The van der Waals surface area contributed by atoms with E-state index < -0.39 is 11.7 Å². The van der Waals surface area contributed by atoms with Gasteiger partial charge in [0.15, 0.2) is 0 Å². The molecule has 0 aliphatic carbocycles. The maximum absolute atomic E-state index is 12.4. The number of alkyl halides is 3. The quantitative estimate of drug-likeness (QED) is 0.820. The van der Waals surface area contributed by atoms with Gasteiger partial charge in [-0.25, -0.2) is 4.99 Å². The molecule has 1 aromatic carbocycles. The molecule has 0 spiro atoms. The summed E-state index contributed by atoms with van der Waals surface area (Å²) in [4.78, 5) is 5.58. The lowest BCUT2D eigenvalue weighted by atomic mass is 10.2. The van der Waals surface area contributed by atoms with Gasteiger partial charge < -0.3 is 10.6 Å². The molecule has 0 fully saturated rings. The van der Waals surface area contributed by atoms with Crippen molar-refractivity contribution in [3.63, 3.8) is 0 Å². The molecule has 2 N–H and O–H groups in total. The van der Waals surface area contributed by atoms with E-state index in [1.54, 1.807) is 11.1 Å². The lowest BCUT2D eigenvalue weighted by Gasteiger charge is -2.22. The van der Waals surface area contributed by atoms with Crippen LogP contribution in [0.3, 0.4) is 0 Å². The smallest absolute Gasteiger partial charge is 0.386 e. The largest absolute Gasteiger partial charge is 0.416 e. The average Bonchev–Trinajstić information content (AvgIpc) is 2.28. The van der Waals surface area contributed by atoms with Gasteiger partial charge in [-0.1, -0.05) is 0 Å². The number of hydrogen-bond donors (Lipinski definition) is 1. The predicted molar refractivity (Wildman–Crippen MR) is 59.6 cm³/mol.